The molecule has 6 nitrogen and oxygen atoms in total. The number of rotatable bonds is 2. The lowest BCUT2D eigenvalue weighted by Gasteiger charge is -2.13. The third-order valence-corrected chi connectivity index (χ3v) is 3.87. The van der Waals surface area contributed by atoms with Crippen LogP contribution in [0.2, 0.25) is 0 Å². The van der Waals surface area contributed by atoms with E-state index in [-0.39, 0.29) is 11.7 Å². The predicted octanol–water partition coefficient (Wildman–Crippen LogP) is 2.75. The molecular weight excluding hydrogens is 306 g/mol. The van der Waals surface area contributed by atoms with Crippen molar-refractivity contribution in [1.82, 2.24) is 9.71 Å². The summed E-state index contributed by atoms with van der Waals surface area (Å²) in [5.74, 6) is -0.583. The first-order chi connectivity index (χ1) is 11.6. The Bertz CT molecular complexity index is 1090. The highest BCUT2D eigenvalue weighted by atomic mass is 16.5. The third-order valence-electron chi connectivity index (χ3n) is 3.87. The zero-order valence-corrected chi connectivity index (χ0v) is 12.4. The van der Waals surface area contributed by atoms with Crippen LogP contribution in [-0.2, 0) is 0 Å². The van der Waals surface area contributed by atoms with Crippen LogP contribution >= 0.6 is 0 Å². The number of hydrogen-bond donors (Lipinski definition) is 2. The van der Waals surface area contributed by atoms with E-state index in [0.717, 1.165) is 15.5 Å². The second-order valence-electron chi connectivity index (χ2n) is 5.44. The van der Waals surface area contributed by atoms with Crippen molar-refractivity contribution in [3.05, 3.63) is 66.5 Å². The summed E-state index contributed by atoms with van der Waals surface area (Å²) in [5, 5.41) is 25.6. The molecule has 0 aliphatic carbocycles. The molecule has 0 bridgehead atoms. The zero-order valence-electron chi connectivity index (χ0n) is 12.4. The number of nitrogens with zero attached hydrogens (tertiary/aromatic N) is 2. The number of amides is 1. The number of fused-ring (bicyclic) bond motifs is 2. The molecule has 0 unspecified atom stereocenters. The minimum Gasteiger partial charge on any atom is -0.872 e. The van der Waals surface area contributed by atoms with Crippen LogP contribution in [0.3, 0.4) is 0 Å². The molecule has 4 rings (SSSR count). The van der Waals surface area contributed by atoms with Crippen LogP contribution in [-0.4, -0.2) is 20.8 Å². The molecule has 6 heteroatoms. The largest absolute Gasteiger partial charge is 0.872 e. The van der Waals surface area contributed by atoms with Gasteiger partial charge >= 0.3 is 0 Å². The number of benzene rings is 3. The Labute approximate surface area is 136 Å². The zero-order chi connectivity index (χ0) is 16.7. The van der Waals surface area contributed by atoms with Gasteiger partial charge in [0.05, 0.1) is 5.52 Å². The van der Waals surface area contributed by atoms with Gasteiger partial charge in [-0.05, 0) is 29.0 Å². The fourth-order valence-corrected chi connectivity index (χ4v) is 2.75. The molecule has 4 aromatic rings. The molecule has 1 amide bonds. The molecule has 3 aromatic carbocycles. The average Bonchev–Trinajstić information content (AvgIpc) is 2.94. The molecule has 2 N–H and O–H groups in total. The first-order valence-corrected chi connectivity index (χ1v) is 7.29. The van der Waals surface area contributed by atoms with Crippen molar-refractivity contribution in [2.24, 2.45) is 0 Å². The van der Waals surface area contributed by atoms with Crippen LogP contribution in [0.5, 0.6) is 5.75 Å². The maximum absolute atomic E-state index is 12.6. The predicted molar refractivity (Wildman–Crippen MR) is 88.3 cm³/mol. The van der Waals surface area contributed by atoms with E-state index in [1.165, 1.54) is 18.5 Å². The number of anilines is 1. The van der Waals surface area contributed by atoms with Gasteiger partial charge in [-0.15, -0.1) is 5.75 Å². The van der Waals surface area contributed by atoms with Crippen LogP contribution in [0.1, 0.15) is 10.4 Å². The minimum atomic E-state index is -0.369. The molecule has 0 fully saturated rings. The van der Waals surface area contributed by atoms with Crippen molar-refractivity contribution in [2.75, 3.05) is 5.32 Å². The lowest BCUT2D eigenvalue weighted by atomic mass is 10.0. The Morgan fingerprint density at radius 3 is 2.83 bits per heavy atom. The lowest BCUT2D eigenvalue weighted by molar-refractivity contribution is -0.268. The van der Waals surface area contributed by atoms with Crippen molar-refractivity contribution in [3.8, 4) is 5.75 Å². The number of carbonyl (C=O) groups is 1. The second-order valence-corrected chi connectivity index (χ2v) is 5.44. The van der Waals surface area contributed by atoms with Crippen LogP contribution in [0.4, 0.5) is 5.69 Å². The molecule has 0 radical (unpaired) electrons. The topological polar surface area (TPSA) is 90.2 Å². The second kappa shape index (κ2) is 5.27. The van der Waals surface area contributed by atoms with Crippen molar-refractivity contribution < 1.29 is 15.1 Å². The summed E-state index contributed by atoms with van der Waals surface area (Å²) in [5.41, 5.74) is 1.95. The molecule has 0 aliphatic rings. The summed E-state index contributed by atoms with van der Waals surface area (Å²) in [6, 6.07) is 15.1. The Morgan fingerprint density at radius 1 is 1.12 bits per heavy atom. The van der Waals surface area contributed by atoms with Gasteiger partial charge in [-0.1, -0.05) is 36.4 Å². The SMILES string of the molecule is O=C(Nc1ccc2c(c1)ncn2O)c1cc([O-])cc2ccccc12. The molecule has 1 heterocycles. The van der Waals surface area contributed by atoms with Crippen LogP contribution in [0, 0.1) is 0 Å². The summed E-state index contributed by atoms with van der Waals surface area (Å²) in [4.78, 5) is 16.6. The maximum Gasteiger partial charge on any atom is 0.256 e. The van der Waals surface area contributed by atoms with Crippen LogP contribution < -0.4 is 10.4 Å². The fraction of sp³-hybridized carbons (Fsp3) is 0. The van der Waals surface area contributed by atoms with E-state index in [0.29, 0.717) is 22.3 Å². The molecule has 0 saturated heterocycles. The lowest BCUT2D eigenvalue weighted by Crippen LogP contribution is -2.13. The number of carbonyl (C=O) groups excluding carboxylic acids is 1. The molecule has 24 heavy (non-hydrogen) atoms. The highest BCUT2D eigenvalue weighted by Crippen LogP contribution is 2.25. The Balaban J connectivity index is 1.73. The summed E-state index contributed by atoms with van der Waals surface area (Å²) in [6.07, 6.45) is 1.28. The van der Waals surface area contributed by atoms with Gasteiger partial charge in [0.1, 0.15) is 11.8 Å². The van der Waals surface area contributed by atoms with Gasteiger partial charge < -0.3 is 15.6 Å². The summed E-state index contributed by atoms with van der Waals surface area (Å²) < 4.78 is 0.912. The fourth-order valence-electron chi connectivity index (χ4n) is 2.75. The van der Waals surface area contributed by atoms with Gasteiger partial charge in [0.15, 0.2) is 0 Å². The van der Waals surface area contributed by atoms with Crippen LogP contribution in [0.15, 0.2) is 60.9 Å². The minimum absolute atomic E-state index is 0.215. The summed E-state index contributed by atoms with van der Waals surface area (Å²) in [7, 11) is 0. The monoisotopic (exact) mass is 318 g/mol. The normalized spacial score (nSPS) is 11.0. The highest BCUT2D eigenvalue weighted by molar-refractivity contribution is 6.13. The van der Waals surface area contributed by atoms with Gasteiger partial charge in [-0.3, -0.25) is 4.79 Å². The number of nitrogens with one attached hydrogen (secondary N) is 1. The van der Waals surface area contributed by atoms with E-state index in [9.17, 15) is 15.1 Å². The molecule has 0 aliphatic heterocycles. The standard InChI is InChI=1S/C18H13N3O3/c22-13-7-11-3-1-2-4-14(11)15(9-13)18(23)20-12-5-6-17-16(8-12)19-10-21(17)24/h1-10,22,24H,(H,20,23)/p-1. The third kappa shape index (κ3) is 2.30. The van der Waals surface area contributed by atoms with E-state index >= 15 is 0 Å². The quantitative estimate of drug-likeness (QED) is 0.556. The summed E-state index contributed by atoms with van der Waals surface area (Å²) >= 11 is 0. The molecule has 0 atom stereocenters. The van der Waals surface area contributed by atoms with E-state index in [2.05, 4.69) is 10.3 Å². The smallest absolute Gasteiger partial charge is 0.256 e. The number of hydrogen-bond acceptors (Lipinski definition) is 4. The molecule has 0 saturated carbocycles. The Morgan fingerprint density at radius 2 is 1.96 bits per heavy atom. The van der Waals surface area contributed by atoms with E-state index in [1.54, 1.807) is 30.3 Å². The molecular formula is C18H12N3O3-. The van der Waals surface area contributed by atoms with Gasteiger partial charge in [-0.25, -0.2) is 4.98 Å². The number of imidazole rings is 1. The van der Waals surface area contributed by atoms with Crippen LogP contribution in [0.25, 0.3) is 21.8 Å². The first kappa shape index (κ1) is 14.1. The van der Waals surface area contributed by atoms with Crippen molar-refractivity contribution in [1.29, 1.82) is 0 Å². The number of aromatic nitrogens is 2. The van der Waals surface area contributed by atoms with Gasteiger partial charge in [-0.2, -0.15) is 4.73 Å². The van der Waals surface area contributed by atoms with E-state index in [1.807, 2.05) is 12.1 Å². The molecule has 1 aromatic heterocycles. The van der Waals surface area contributed by atoms with Crippen molar-refractivity contribution in [2.45, 2.75) is 0 Å². The molecule has 0 spiro atoms. The first-order valence-electron chi connectivity index (χ1n) is 7.29. The molecule has 118 valence electrons. The van der Waals surface area contributed by atoms with Crippen molar-refractivity contribution in [3.63, 3.8) is 0 Å². The maximum atomic E-state index is 12.6. The van der Waals surface area contributed by atoms with Gasteiger partial charge in [0.25, 0.3) is 5.91 Å². The van der Waals surface area contributed by atoms with E-state index < -0.39 is 0 Å². The Hall–Kier alpha value is -3.54. The highest BCUT2D eigenvalue weighted by Gasteiger charge is 2.11. The summed E-state index contributed by atoms with van der Waals surface area (Å²) in [6.45, 7) is 0. The van der Waals surface area contributed by atoms with Crippen molar-refractivity contribution >= 4 is 33.4 Å². The Kier molecular flexibility index (Phi) is 3.09. The van der Waals surface area contributed by atoms with E-state index in [4.69, 9.17) is 0 Å². The average molecular weight is 318 g/mol. The van der Waals surface area contributed by atoms with Gasteiger partial charge in [0.2, 0.25) is 0 Å². The van der Waals surface area contributed by atoms with Gasteiger partial charge in [0, 0.05) is 11.3 Å².